The minimum Gasteiger partial charge on any atom is -0.465 e. The van der Waals surface area contributed by atoms with Gasteiger partial charge in [-0.15, -0.1) is 0 Å². The molecule has 1 atom stereocenters. The van der Waals surface area contributed by atoms with Crippen LogP contribution in [0.25, 0.3) is 0 Å². The molecule has 0 aliphatic heterocycles. The Morgan fingerprint density at radius 3 is 2.00 bits per heavy atom. The fraction of sp³-hybridized carbons (Fsp3) is 0.160. The first-order valence-corrected chi connectivity index (χ1v) is 9.80. The van der Waals surface area contributed by atoms with Crippen molar-refractivity contribution < 1.29 is 23.9 Å². The summed E-state index contributed by atoms with van der Waals surface area (Å²) >= 11 is 0. The van der Waals surface area contributed by atoms with E-state index in [0.717, 1.165) is 5.56 Å². The van der Waals surface area contributed by atoms with Crippen LogP contribution in [0.1, 0.15) is 31.8 Å². The molecule has 0 fully saturated rings. The Morgan fingerprint density at radius 2 is 1.39 bits per heavy atom. The molecule has 0 unspecified atom stereocenters. The van der Waals surface area contributed by atoms with Crippen LogP contribution in [0, 0.1) is 0 Å². The fourth-order valence-corrected chi connectivity index (χ4v) is 2.98. The molecule has 1 amide bonds. The molecule has 0 saturated carbocycles. The molecule has 31 heavy (non-hydrogen) atoms. The quantitative estimate of drug-likeness (QED) is 0.567. The summed E-state index contributed by atoms with van der Waals surface area (Å²) < 4.78 is 10.1. The first kappa shape index (κ1) is 21.8. The van der Waals surface area contributed by atoms with Crippen LogP contribution in [0.15, 0.2) is 84.9 Å². The average molecular weight is 417 g/mol. The van der Waals surface area contributed by atoms with Gasteiger partial charge in [0, 0.05) is 12.0 Å². The lowest BCUT2D eigenvalue weighted by molar-refractivity contribution is -0.147. The monoisotopic (exact) mass is 417 g/mol. The zero-order chi connectivity index (χ0) is 22.1. The fourth-order valence-electron chi connectivity index (χ4n) is 2.98. The van der Waals surface area contributed by atoms with Gasteiger partial charge in [-0.2, -0.15) is 0 Å². The minimum atomic E-state index is -0.843. The molecule has 3 aromatic carbocycles. The van der Waals surface area contributed by atoms with E-state index < -0.39 is 18.0 Å². The van der Waals surface area contributed by atoms with Crippen LogP contribution in [-0.2, 0) is 27.3 Å². The third-order valence-corrected chi connectivity index (χ3v) is 4.66. The standard InChI is InChI=1S/C25H23NO5/c1-30-24(28)21-14-12-19(13-15-21)17-31-25(29)22(16-18-8-4-2-5-9-18)26-23(27)20-10-6-3-7-11-20/h2-15,22H,16-17H2,1H3,(H,26,27)/t22-/m0/s1. The van der Waals surface area contributed by atoms with Crippen LogP contribution in [0.5, 0.6) is 0 Å². The van der Waals surface area contributed by atoms with E-state index in [4.69, 9.17) is 4.74 Å². The Balaban J connectivity index is 1.68. The first-order chi connectivity index (χ1) is 15.1. The van der Waals surface area contributed by atoms with Crippen molar-refractivity contribution in [3.8, 4) is 0 Å². The highest BCUT2D eigenvalue weighted by Crippen LogP contribution is 2.10. The Kier molecular flexibility index (Phi) is 7.54. The third kappa shape index (κ3) is 6.27. The SMILES string of the molecule is COC(=O)c1ccc(COC(=O)[C@H](Cc2ccccc2)NC(=O)c2ccccc2)cc1. The maximum absolute atomic E-state index is 12.8. The Morgan fingerprint density at radius 1 is 0.774 bits per heavy atom. The molecule has 3 aromatic rings. The lowest BCUT2D eigenvalue weighted by atomic mass is 10.1. The number of ether oxygens (including phenoxy) is 2. The summed E-state index contributed by atoms with van der Waals surface area (Å²) in [5, 5.41) is 2.77. The van der Waals surface area contributed by atoms with Gasteiger partial charge < -0.3 is 14.8 Å². The number of methoxy groups -OCH3 is 1. The zero-order valence-corrected chi connectivity index (χ0v) is 17.1. The lowest BCUT2D eigenvalue weighted by Crippen LogP contribution is -2.43. The van der Waals surface area contributed by atoms with Gasteiger partial charge in [0.2, 0.25) is 0 Å². The van der Waals surface area contributed by atoms with Crippen molar-refractivity contribution in [3.63, 3.8) is 0 Å². The van der Waals surface area contributed by atoms with Gasteiger partial charge in [-0.25, -0.2) is 9.59 Å². The largest absolute Gasteiger partial charge is 0.465 e. The number of nitrogens with one attached hydrogen (secondary N) is 1. The van der Waals surface area contributed by atoms with Crippen molar-refractivity contribution >= 4 is 17.8 Å². The molecular weight excluding hydrogens is 394 g/mol. The highest BCUT2D eigenvalue weighted by Gasteiger charge is 2.23. The van der Waals surface area contributed by atoms with Crippen LogP contribution in [0.3, 0.4) is 0 Å². The molecule has 0 aliphatic rings. The molecule has 6 heteroatoms. The Hall–Kier alpha value is -3.93. The predicted molar refractivity (Wildman–Crippen MR) is 115 cm³/mol. The summed E-state index contributed by atoms with van der Waals surface area (Å²) in [6, 6.07) is 23.9. The molecule has 3 rings (SSSR count). The number of carbonyl (C=O) groups excluding carboxylic acids is 3. The van der Waals surface area contributed by atoms with E-state index >= 15 is 0 Å². The van der Waals surface area contributed by atoms with Gasteiger partial charge in [-0.1, -0.05) is 60.7 Å². The van der Waals surface area contributed by atoms with E-state index in [9.17, 15) is 14.4 Å². The number of carbonyl (C=O) groups is 3. The molecule has 0 radical (unpaired) electrons. The number of benzene rings is 3. The van der Waals surface area contributed by atoms with Crippen LogP contribution < -0.4 is 5.32 Å². The second-order valence-corrected chi connectivity index (χ2v) is 6.88. The average Bonchev–Trinajstić information content (AvgIpc) is 2.83. The number of esters is 2. The van der Waals surface area contributed by atoms with Gasteiger partial charge in [0.15, 0.2) is 0 Å². The highest BCUT2D eigenvalue weighted by atomic mass is 16.5. The number of amides is 1. The van der Waals surface area contributed by atoms with E-state index in [2.05, 4.69) is 10.1 Å². The van der Waals surface area contributed by atoms with E-state index in [1.807, 2.05) is 36.4 Å². The third-order valence-electron chi connectivity index (χ3n) is 4.66. The minimum absolute atomic E-state index is 0.0206. The van der Waals surface area contributed by atoms with Crippen molar-refractivity contribution in [1.29, 1.82) is 0 Å². The summed E-state index contributed by atoms with van der Waals surface area (Å²) in [5.41, 5.74) is 2.50. The smallest absolute Gasteiger partial charge is 0.337 e. The molecule has 0 heterocycles. The van der Waals surface area contributed by atoms with Gasteiger partial charge >= 0.3 is 11.9 Å². The Bertz CT molecular complexity index is 1020. The van der Waals surface area contributed by atoms with Gasteiger partial charge in [0.25, 0.3) is 5.91 Å². The molecule has 6 nitrogen and oxygen atoms in total. The summed E-state index contributed by atoms with van der Waals surface area (Å²) in [7, 11) is 1.31. The molecule has 1 N–H and O–H groups in total. The van der Waals surface area contributed by atoms with Gasteiger partial charge in [-0.3, -0.25) is 4.79 Å². The first-order valence-electron chi connectivity index (χ1n) is 9.80. The van der Waals surface area contributed by atoms with Crippen molar-refractivity contribution in [3.05, 3.63) is 107 Å². The van der Waals surface area contributed by atoms with Crippen LogP contribution in [0.4, 0.5) is 0 Å². The number of rotatable bonds is 8. The van der Waals surface area contributed by atoms with E-state index in [1.165, 1.54) is 7.11 Å². The normalized spacial score (nSPS) is 11.3. The second kappa shape index (κ2) is 10.7. The topological polar surface area (TPSA) is 81.7 Å². The van der Waals surface area contributed by atoms with E-state index in [0.29, 0.717) is 23.1 Å². The molecular formula is C25H23NO5. The number of hydrogen-bond acceptors (Lipinski definition) is 5. The van der Waals surface area contributed by atoms with Crippen molar-refractivity contribution in [2.75, 3.05) is 7.11 Å². The van der Waals surface area contributed by atoms with Gasteiger partial charge in [0.05, 0.1) is 12.7 Å². The Labute approximate surface area is 180 Å². The highest BCUT2D eigenvalue weighted by molar-refractivity contribution is 5.96. The summed E-state index contributed by atoms with van der Waals surface area (Å²) in [5.74, 6) is -1.32. The lowest BCUT2D eigenvalue weighted by Gasteiger charge is -2.18. The van der Waals surface area contributed by atoms with E-state index in [-0.39, 0.29) is 12.5 Å². The van der Waals surface area contributed by atoms with E-state index in [1.54, 1.807) is 48.5 Å². The van der Waals surface area contributed by atoms with Crippen LogP contribution >= 0.6 is 0 Å². The van der Waals surface area contributed by atoms with Crippen LogP contribution in [0.2, 0.25) is 0 Å². The molecule has 0 bridgehead atoms. The predicted octanol–water partition coefficient (Wildman–Crippen LogP) is 3.56. The number of hydrogen-bond donors (Lipinski definition) is 1. The summed E-state index contributed by atoms with van der Waals surface area (Å²) in [4.78, 5) is 36.9. The van der Waals surface area contributed by atoms with Crippen molar-refractivity contribution in [2.45, 2.75) is 19.1 Å². The molecule has 0 aromatic heterocycles. The van der Waals surface area contributed by atoms with Crippen LogP contribution in [-0.4, -0.2) is 31.0 Å². The molecule has 0 spiro atoms. The second-order valence-electron chi connectivity index (χ2n) is 6.88. The maximum atomic E-state index is 12.8. The van der Waals surface area contributed by atoms with Crippen molar-refractivity contribution in [2.24, 2.45) is 0 Å². The van der Waals surface area contributed by atoms with Crippen molar-refractivity contribution in [1.82, 2.24) is 5.32 Å². The maximum Gasteiger partial charge on any atom is 0.337 e. The summed E-state index contributed by atoms with van der Waals surface area (Å²) in [6.45, 7) is 0.0206. The van der Waals surface area contributed by atoms with Gasteiger partial charge in [0.1, 0.15) is 12.6 Å². The summed E-state index contributed by atoms with van der Waals surface area (Å²) in [6.07, 6.45) is 0.305. The molecule has 0 saturated heterocycles. The molecule has 0 aliphatic carbocycles. The molecule has 158 valence electrons. The zero-order valence-electron chi connectivity index (χ0n) is 17.1. The van der Waals surface area contributed by atoms with Gasteiger partial charge in [-0.05, 0) is 35.4 Å².